The maximum Gasteiger partial charge on any atom is 0.255 e. The van der Waals surface area contributed by atoms with Gasteiger partial charge in [-0.05, 0) is 111 Å². The average Bonchev–Trinajstić information content (AvgIpc) is 1.49. The highest BCUT2D eigenvalue weighted by Crippen LogP contribution is 2.37. The number of carbonyl (C=O) groups excluding carboxylic acids is 18. The third-order valence-electron chi connectivity index (χ3n) is 18.7. The Morgan fingerprint density at radius 3 is 0.728 bits per heavy atom. The van der Waals surface area contributed by atoms with Crippen molar-refractivity contribution >= 4 is 140 Å². The maximum atomic E-state index is 12.6. The van der Waals surface area contributed by atoms with Crippen LogP contribution < -0.4 is 66.3 Å². The van der Waals surface area contributed by atoms with E-state index >= 15 is 0 Å². The fourth-order valence-electron chi connectivity index (χ4n) is 13.0. The first-order valence-corrected chi connectivity index (χ1v) is 33.7. The molecule has 18 amide bonds. The van der Waals surface area contributed by atoms with Gasteiger partial charge in [-0.2, -0.15) is 0 Å². The minimum absolute atomic E-state index is 0.0774. The molecule has 6 aromatic carbocycles. The van der Waals surface area contributed by atoms with Crippen LogP contribution in [0.5, 0.6) is 0 Å². The normalized spacial score (nSPS) is 32.4. The lowest BCUT2D eigenvalue weighted by Crippen LogP contribution is -2.52. The summed E-state index contributed by atoms with van der Waals surface area (Å²) in [6, 6.07) is -5.31. The molecular formula is C78H78N18O18. The van der Waals surface area contributed by atoms with E-state index in [1.807, 2.05) is 16.0 Å². The fraction of sp³-hybridized carbons (Fsp3) is 0.308. The highest BCUT2D eigenvalue weighted by atomic mass is 16.2. The minimum atomic E-state index is -3.27. The van der Waals surface area contributed by atoms with Gasteiger partial charge in [0.1, 0.15) is 36.1 Å². The zero-order valence-corrected chi connectivity index (χ0v) is 58.7. The van der Waals surface area contributed by atoms with Crippen molar-refractivity contribution in [1.29, 1.82) is 0 Å². The Kier molecular flexibility index (Phi) is 14.2. The summed E-state index contributed by atoms with van der Waals surface area (Å²) in [6.45, 7) is -1.61. The second-order valence-corrected chi connectivity index (χ2v) is 25.5. The zero-order valence-electron chi connectivity index (χ0n) is 85.7. The largest absolute Gasteiger partial charge is 0.398 e. The van der Waals surface area contributed by atoms with Crippen LogP contribution in [0, 0.1) is 0 Å². The van der Waals surface area contributed by atoms with E-state index in [4.69, 9.17) is 71.4 Å². The molecule has 12 aliphatic heterocycles. The van der Waals surface area contributed by atoms with Gasteiger partial charge in [-0.3, -0.25) is 118 Å². The van der Waals surface area contributed by atoms with Gasteiger partial charge >= 0.3 is 0 Å². The number of nitrogens with zero attached hydrogens (tertiary/aromatic N) is 6. The quantitative estimate of drug-likeness (QED) is 0.0781. The molecule has 0 saturated carbocycles. The molecule has 114 heavy (non-hydrogen) atoms. The zero-order chi connectivity index (χ0) is 106. The number of imide groups is 6. The van der Waals surface area contributed by atoms with Crippen molar-refractivity contribution < 1.29 is 123 Å². The van der Waals surface area contributed by atoms with Crippen LogP contribution in [0.2, 0.25) is 0 Å². The first-order valence-electron chi connectivity index (χ1n) is 47.2. The molecule has 0 aromatic heterocycles. The lowest BCUT2D eigenvalue weighted by molar-refractivity contribution is -0.138. The number of anilines is 6. The third-order valence-corrected chi connectivity index (χ3v) is 18.7. The molecule has 0 spiro atoms. The molecule has 0 radical (unpaired) electrons. The van der Waals surface area contributed by atoms with E-state index in [0.29, 0.717) is 31.4 Å². The van der Waals surface area contributed by atoms with Crippen LogP contribution >= 0.6 is 0 Å². The van der Waals surface area contributed by atoms with Gasteiger partial charge < -0.3 is 63.8 Å². The van der Waals surface area contributed by atoms with Crippen molar-refractivity contribution in [1.82, 2.24) is 61.3 Å². The topological polar surface area (TPSA) is 555 Å². The van der Waals surface area contributed by atoms with Gasteiger partial charge in [-0.15, -0.1) is 0 Å². The molecule has 0 bridgehead atoms. The van der Waals surface area contributed by atoms with E-state index in [1.54, 1.807) is 16.0 Å². The minimum Gasteiger partial charge on any atom is -0.398 e. The number of fused-ring (bicyclic) bond motifs is 6. The van der Waals surface area contributed by atoms with E-state index in [1.165, 1.54) is 54.6 Å². The number of amides is 18. The van der Waals surface area contributed by atoms with E-state index < -0.39 is 217 Å². The third kappa shape index (κ3) is 15.4. The summed E-state index contributed by atoms with van der Waals surface area (Å²) in [4.78, 5) is 222. The summed E-state index contributed by atoms with van der Waals surface area (Å²) in [5.74, 6) is -17.6. The summed E-state index contributed by atoms with van der Waals surface area (Å²) >= 11 is 0. The SMILES string of the molecule is [2H]C1([2H])C(=O)NC(=O)C([2H])(N2Cc3c(N)cccc3C2=O)C1([2H])[2H].[2H]C1([2H])C(=O)NC(=O)[C@@]([2H])(N2Cc3c(N)cccc3C2=O)C1([2H])[2H].[2H]C1([2H])C(=O)NC(=O)[C@]([2H])(N2Cc3c(N)cccc3C2=O)C1([2H])[2H].[2H]c1c([2H])c(N)c2c(c1[2H])C(=O)N(C1([2H])CCC(=O)NC1=O)C2.[2H]c1c([2H])c(N)c2c(c1[2H])C(=O)N([C@@]1([2H])CCC(=O)NC1=O)C2.[2H]c1c([2H])c(N)c2c(c1[2H])C(=O)N([C@]1([2H])CCC(=O)NC1=O)C2. The molecule has 6 fully saturated rings. The van der Waals surface area contributed by atoms with Crippen LogP contribution in [0.4, 0.5) is 34.1 Å². The molecule has 18 rings (SSSR count). The number of nitrogen functional groups attached to an aromatic ring is 6. The van der Waals surface area contributed by atoms with Crippen molar-refractivity contribution in [2.24, 2.45) is 0 Å². The summed E-state index contributed by atoms with van der Waals surface area (Å²) in [6.07, 6.45) is -20.1. The van der Waals surface area contributed by atoms with Crippen molar-refractivity contribution in [3.05, 3.63) is 176 Å². The van der Waals surface area contributed by atoms with E-state index in [0.717, 1.165) is 14.7 Å². The second-order valence-electron chi connectivity index (χ2n) is 25.5. The van der Waals surface area contributed by atoms with Gasteiger partial charge in [0, 0.05) is 195 Å². The molecule has 12 aliphatic rings. The fourth-order valence-corrected chi connectivity index (χ4v) is 13.0. The van der Waals surface area contributed by atoms with Crippen LogP contribution in [-0.4, -0.2) is 172 Å². The lowest BCUT2D eigenvalue weighted by atomic mass is 10.0. The standard InChI is InChI=1S/6C13H13N3O3/c6*14-9-3-1-2-7-8(9)6-16(13(7)19)10-4-5-11(17)15-12(10)18/h6*1-3,10H,4-6,14H2,(H,15,17,18)/t4*10-;;/m1100../s1/i1D,2D,3D,10D;4D2,5D2,10D;1D,2D,3D,10D;4D2,5D2,10D;1D,2D,3D,10D;4D2,5D2,10D. The van der Waals surface area contributed by atoms with Crippen LogP contribution in [0.25, 0.3) is 0 Å². The molecule has 588 valence electrons. The van der Waals surface area contributed by atoms with E-state index in [-0.39, 0.29) is 180 Å². The molecule has 2 unspecified atom stereocenters. The Labute approximate surface area is 686 Å². The first kappa shape index (κ1) is 50.6. The van der Waals surface area contributed by atoms with Crippen LogP contribution in [-0.2, 0) is 96.8 Å². The molecule has 6 aromatic rings. The van der Waals surface area contributed by atoms with Crippen molar-refractivity contribution in [2.45, 2.75) is 152 Å². The van der Waals surface area contributed by atoms with Crippen molar-refractivity contribution in [3.8, 4) is 0 Å². The summed E-state index contributed by atoms with van der Waals surface area (Å²) in [7, 11) is 0. The number of benzene rings is 6. The Morgan fingerprint density at radius 1 is 0.281 bits per heavy atom. The van der Waals surface area contributed by atoms with E-state index in [9.17, 15) is 86.3 Å². The van der Waals surface area contributed by atoms with Gasteiger partial charge in [0.2, 0.25) is 70.9 Å². The van der Waals surface area contributed by atoms with Crippen LogP contribution in [0.3, 0.4) is 0 Å². The number of hydrogen-bond acceptors (Lipinski definition) is 24. The second kappa shape index (κ2) is 32.0. The predicted molar refractivity (Wildman–Crippen MR) is 401 cm³/mol. The van der Waals surface area contributed by atoms with Crippen LogP contribution in [0.15, 0.2) is 109 Å². The van der Waals surface area contributed by atoms with Gasteiger partial charge in [0.05, 0.1) is 20.6 Å². The number of rotatable bonds is 6. The lowest BCUT2D eigenvalue weighted by Gasteiger charge is -2.29. The van der Waals surface area contributed by atoms with Gasteiger partial charge in [0.15, 0.2) is 0 Å². The molecule has 18 N–H and O–H groups in total. The number of piperidine rings is 6. The predicted octanol–water partition coefficient (Wildman–Crippen LogP) is 0.179. The summed E-state index contributed by atoms with van der Waals surface area (Å²) in [5.41, 5.74) is 36.5. The maximum absolute atomic E-state index is 12.6. The number of carbonyl (C=O) groups is 18. The Morgan fingerprint density at radius 2 is 0.491 bits per heavy atom. The highest BCUT2D eigenvalue weighted by Gasteiger charge is 2.46. The smallest absolute Gasteiger partial charge is 0.255 e. The number of nitrogens with two attached hydrogens (primary N) is 6. The average molecular weight is 1580 g/mol. The molecule has 12 heterocycles. The van der Waals surface area contributed by atoms with Gasteiger partial charge in [-0.25, -0.2) is 0 Å². The molecular weight excluding hydrogens is 1480 g/mol. The molecule has 6 saturated heterocycles. The number of hydrogen-bond donors (Lipinski definition) is 12. The van der Waals surface area contributed by atoms with Gasteiger partial charge in [0.25, 0.3) is 35.4 Å². The monoisotopic (exact) mass is 1580 g/mol. The first-order chi connectivity index (χ1) is 64.9. The summed E-state index contributed by atoms with van der Waals surface area (Å²) in [5, 5.41) is 11.1. The Hall–Kier alpha value is -14.2. The summed E-state index contributed by atoms with van der Waals surface area (Å²) < 4.78 is 213. The molecule has 0 aliphatic carbocycles. The van der Waals surface area contributed by atoms with Crippen LogP contribution in [0.1, 0.15) is 209 Å². The van der Waals surface area contributed by atoms with Crippen molar-refractivity contribution in [2.75, 3.05) is 34.4 Å². The van der Waals surface area contributed by atoms with Crippen molar-refractivity contribution in [3.63, 3.8) is 0 Å². The molecule has 36 heteroatoms. The highest BCUT2D eigenvalue weighted by molar-refractivity contribution is 6.11. The van der Waals surface area contributed by atoms with E-state index in [2.05, 4.69) is 0 Å². The Balaban J connectivity index is 0.000000142. The van der Waals surface area contributed by atoms with Gasteiger partial charge in [-0.1, -0.05) is 36.3 Å². The molecule has 6 atom stereocenters. The number of nitrogens with one attached hydrogen (secondary N) is 6. The molecule has 36 nitrogen and oxygen atoms in total. The Bertz CT molecular complexity index is 6140.